The average Bonchev–Trinajstić information content (AvgIpc) is 2.26. The van der Waals surface area contributed by atoms with E-state index in [0.717, 1.165) is 11.1 Å². The summed E-state index contributed by atoms with van der Waals surface area (Å²) in [6.07, 6.45) is 0.701. The number of aryl methyl sites for hydroxylation is 1. The van der Waals surface area contributed by atoms with Crippen LogP contribution in [-0.2, 0) is 6.42 Å². The maximum Gasteiger partial charge on any atom is 0.272 e. The highest BCUT2D eigenvalue weighted by molar-refractivity contribution is 5.44. The molecule has 0 spiro atoms. The lowest BCUT2D eigenvalue weighted by Gasteiger charge is -2.16. The van der Waals surface area contributed by atoms with Gasteiger partial charge in [-0.15, -0.1) is 0 Å². The van der Waals surface area contributed by atoms with E-state index in [0.29, 0.717) is 18.3 Å². The Morgan fingerprint density at radius 2 is 1.94 bits per heavy atom. The number of nitrogens with zero attached hydrogens (tertiary/aromatic N) is 1. The Bertz CT molecular complexity index is 386. The first-order valence-electron chi connectivity index (χ1n) is 5.74. The number of benzene rings is 1. The van der Waals surface area contributed by atoms with Gasteiger partial charge in [0, 0.05) is 11.6 Å². The minimum atomic E-state index is -0.282. The number of hydrogen-bond acceptors (Lipinski definition) is 2. The first kappa shape index (κ1) is 12.7. The first-order chi connectivity index (χ1) is 7.47. The summed E-state index contributed by atoms with van der Waals surface area (Å²) >= 11 is 0. The highest BCUT2D eigenvalue weighted by Gasteiger charge is 2.17. The van der Waals surface area contributed by atoms with Crippen LogP contribution in [0, 0.1) is 16.0 Å². The molecule has 0 aliphatic rings. The summed E-state index contributed by atoms with van der Waals surface area (Å²) in [5, 5.41) is 10.9. The van der Waals surface area contributed by atoms with Crippen LogP contribution in [0.25, 0.3) is 0 Å². The quantitative estimate of drug-likeness (QED) is 0.571. The lowest BCUT2D eigenvalue weighted by Crippen LogP contribution is -2.04. The van der Waals surface area contributed by atoms with E-state index in [2.05, 4.69) is 20.8 Å². The van der Waals surface area contributed by atoms with Gasteiger partial charge in [0.05, 0.1) is 4.92 Å². The minimum absolute atomic E-state index is 0.257. The molecule has 0 aliphatic heterocycles. The van der Waals surface area contributed by atoms with E-state index < -0.39 is 0 Å². The molecular weight excluding hydrogens is 202 g/mol. The van der Waals surface area contributed by atoms with Crippen molar-refractivity contribution in [3.05, 3.63) is 39.4 Å². The van der Waals surface area contributed by atoms with Gasteiger partial charge in [0.1, 0.15) is 0 Å². The second-order valence-electron chi connectivity index (χ2n) is 4.53. The largest absolute Gasteiger partial charge is 0.272 e. The van der Waals surface area contributed by atoms with Crippen molar-refractivity contribution < 1.29 is 4.92 Å². The van der Waals surface area contributed by atoms with Crippen molar-refractivity contribution in [3.63, 3.8) is 0 Å². The van der Waals surface area contributed by atoms with Crippen LogP contribution < -0.4 is 0 Å². The van der Waals surface area contributed by atoms with Crippen molar-refractivity contribution >= 4 is 5.69 Å². The van der Waals surface area contributed by atoms with E-state index in [1.807, 2.05) is 19.1 Å². The maximum atomic E-state index is 10.9. The van der Waals surface area contributed by atoms with Gasteiger partial charge >= 0.3 is 0 Å². The van der Waals surface area contributed by atoms with Gasteiger partial charge in [0.2, 0.25) is 0 Å². The molecule has 1 unspecified atom stereocenters. The molecule has 0 aromatic heterocycles. The molecule has 0 aliphatic carbocycles. The Morgan fingerprint density at radius 1 is 1.31 bits per heavy atom. The topological polar surface area (TPSA) is 43.1 Å². The van der Waals surface area contributed by atoms with Crippen LogP contribution in [0.4, 0.5) is 5.69 Å². The zero-order valence-electron chi connectivity index (χ0n) is 10.4. The molecule has 88 valence electrons. The highest BCUT2D eigenvalue weighted by Crippen LogP contribution is 2.29. The van der Waals surface area contributed by atoms with E-state index in [-0.39, 0.29) is 10.6 Å². The highest BCUT2D eigenvalue weighted by atomic mass is 16.6. The summed E-state index contributed by atoms with van der Waals surface area (Å²) in [6.45, 7) is 8.30. The summed E-state index contributed by atoms with van der Waals surface area (Å²) in [6, 6.07) is 5.62. The molecule has 0 saturated heterocycles. The molecule has 0 heterocycles. The van der Waals surface area contributed by atoms with Gasteiger partial charge < -0.3 is 0 Å². The Kier molecular flexibility index (Phi) is 4.05. The fourth-order valence-electron chi connectivity index (χ4n) is 1.72. The van der Waals surface area contributed by atoms with Gasteiger partial charge in [-0.05, 0) is 23.8 Å². The van der Waals surface area contributed by atoms with Crippen LogP contribution in [0.1, 0.15) is 44.7 Å². The monoisotopic (exact) mass is 221 g/mol. The molecule has 3 nitrogen and oxygen atoms in total. The number of rotatable bonds is 4. The summed E-state index contributed by atoms with van der Waals surface area (Å²) in [5.74, 6) is 0.844. The predicted octanol–water partition coefficient (Wildman–Crippen LogP) is 3.92. The summed E-state index contributed by atoms with van der Waals surface area (Å²) in [5.41, 5.74) is 2.12. The van der Waals surface area contributed by atoms with Crippen molar-refractivity contribution in [2.75, 3.05) is 0 Å². The zero-order chi connectivity index (χ0) is 12.3. The Morgan fingerprint density at radius 3 is 2.38 bits per heavy atom. The molecule has 0 fully saturated rings. The molecule has 0 bridgehead atoms. The second kappa shape index (κ2) is 5.10. The molecule has 16 heavy (non-hydrogen) atoms. The molecule has 0 saturated carbocycles. The van der Waals surface area contributed by atoms with Gasteiger partial charge in [-0.3, -0.25) is 10.1 Å². The molecule has 1 atom stereocenters. The van der Waals surface area contributed by atoms with Crippen LogP contribution in [0.2, 0.25) is 0 Å². The smallest absolute Gasteiger partial charge is 0.258 e. The van der Waals surface area contributed by atoms with E-state index in [1.54, 1.807) is 6.07 Å². The Hall–Kier alpha value is -1.38. The Balaban J connectivity index is 3.16. The first-order valence-corrected chi connectivity index (χ1v) is 5.74. The molecule has 1 rings (SSSR count). The zero-order valence-corrected chi connectivity index (χ0v) is 10.4. The summed E-state index contributed by atoms with van der Waals surface area (Å²) in [7, 11) is 0. The van der Waals surface area contributed by atoms with E-state index in [1.165, 1.54) is 0 Å². The number of nitro benzene ring substituents is 1. The van der Waals surface area contributed by atoms with Gasteiger partial charge in [-0.25, -0.2) is 0 Å². The molecule has 1 aromatic rings. The summed E-state index contributed by atoms with van der Waals surface area (Å²) in [4.78, 5) is 10.6. The molecule has 3 heteroatoms. The van der Waals surface area contributed by atoms with E-state index >= 15 is 0 Å². The lowest BCUT2D eigenvalue weighted by atomic mass is 9.89. The van der Waals surface area contributed by atoms with Crippen LogP contribution >= 0.6 is 0 Å². The number of nitro groups is 1. The third-order valence-electron chi connectivity index (χ3n) is 3.21. The van der Waals surface area contributed by atoms with Crippen LogP contribution in [0.3, 0.4) is 0 Å². The van der Waals surface area contributed by atoms with Gasteiger partial charge in [0.25, 0.3) is 5.69 Å². The van der Waals surface area contributed by atoms with Crippen molar-refractivity contribution in [2.45, 2.75) is 40.0 Å². The SMILES string of the molecule is CCc1ccc(C(C)C(C)C)cc1[N+](=O)[O-]. The molecule has 1 aromatic carbocycles. The molecular formula is C13H19NO2. The second-order valence-corrected chi connectivity index (χ2v) is 4.53. The normalized spacial score (nSPS) is 12.8. The standard InChI is InChI=1S/C13H19NO2/c1-5-11-6-7-12(10(4)9(2)3)8-13(11)14(15)16/h6-10H,5H2,1-4H3. The van der Waals surface area contributed by atoms with Gasteiger partial charge in [-0.2, -0.15) is 0 Å². The van der Waals surface area contributed by atoms with Crippen LogP contribution in [-0.4, -0.2) is 4.92 Å². The maximum absolute atomic E-state index is 10.9. The van der Waals surface area contributed by atoms with Crippen molar-refractivity contribution in [1.82, 2.24) is 0 Å². The fraction of sp³-hybridized carbons (Fsp3) is 0.538. The van der Waals surface area contributed by atoms with Gasteiger partial charge in [0.15, 0.2) is 0 Å². The van der Waals surface area contributed by atoms with E-state index in [9.17, 15) is 10.1 Å². The molecule has 0 radical (unpaired) electrons. The van der Waals surface area contributed by atoms with Crippen LogP contribution in [0.5, 0.6) is 0 Å². The third-order valence-corrected chi connectivity index (χ3v) is 3.21. The van der Waals surface area contributed by atoms with Crippen molar-refractivity contribution in [1.29, 1.82) is 0 Å². The third kappa shape index (κ3) is 2.60. The molecule has 0 N–H and O–H groups in total. The average molecular weight is 221 g/mol. The summed E-state index contributed by atoms with van der Waals surface area (Å²) < 4.78 is 0. The lowest BCUT2D eigenvalue weighted by molar-refractivity contribution is -0.385. The molecule has 0 amide bonds. The van der Waals surface area contributed by atoms with Crippen LogP contribution in [0.15, 0.2) is 18.2 Å². The minimum Gasteiger partial charge on any atom is -0.258 e. The fourth-order valence-corrected chi connectivity index (χ4v) is 1.72. The Labute approximate surface area is 96.6 Å². The predicted molar refractivity (Wildman–Crippen MR) is 65.7 cm³/mol. The van der Waals surface area contributed by atoms with E-state index in [4.69, 9.17) is 0 Å². The number of hydrogen-bond donors (Lipinski definition) is 0. The van der Waals surface area contributed by atoms with Crippen molar-refractivity contribution in [2.24, 2.45) is 5.92 Å². The van der Waals surface area contributed by atoms with Crippen molar-refractivity contribution in [3.8, 4) is 0 Å². The van der Waals surface area contributed by atoms with Gasteiger partial charge in [-0.1, -0.05) is 39.8 Å².